The van der Waals surface area contributed by atoms with E-state index >= 15 is 0 Å². The maximum Gasteiger partial charge on any atom is 0.339 e. The Hall–Kier alpha value is -2.29. The number of nitrogens with zero attached hydrogens (tertiary/aromatic N) is 2. The minimum atomic E-state index is -0.823. The fourth-order valence-corrected chi connectivity index (χ4v) is 11.6. The van der Waals surface area contributed by atoms with E-state index in [1.54, 1.807) is 0 Å². The van der Waals surface area contributed by atoms with E-state index in [9.17, 15) is 25.1 Å². The molecule has 8 heteroatoms. The van der Waals surface area contributed by atoms with Crippen molar-refractivity contribution in [1.29, 1.82) is 0 Å². The minimum Gasteiger partial charge on any atom is -0.440 e. The first kappa shape index (κ1) is 20.9. The van der Waals surface area contributed by atoms with Crippen LogP contribution in [-0.4, -0.2) is 56.5 Å². The lowest BCUT2D eigenvalue weighted by atomic mass is 9.39. The number of hydrogen-bond donors (Lipinski definition) is 2. The van der Waals surface area contributed by atoms with Crippen molar-refractivity contribution >= 4 is 11.7 Å². The lowest BCUT2D eigenvalue weighted by molar-refractivity contribution is -0.384. The molecule has 2 N–H and O–H groups in total. The van der Waals surface area contributed by atoms with Crippen LogP contribution in [0.15, 0.2) is 36.4 Å². The number of nitro benzene ring substituents is 1. The predicted molar refractivity (Wildman–Crippen MR) is 123 cm³/mol. The molecular weight excluding hydrogens is 448 g/mol. The van der Waals surface area contributed by atoms with E-state index in [1.807, 2.05) is 0 Å². The molecule has 12 atom stereocenters. The fourth-order valence-electron chi connectivity index (χ4n) is 11.6. The number of non-ortho nitro benzene ring substituents is 1. The van der Waals surface area contributed by atoms with Gasteiger partial charge in [-0.05, 0) is 48.3 Å². The topological polar surface area (TPSA) is 113 Å². The minimum absolute atomic E-state index is 0.00498. The third-order valence-electron chi connectivity index (χ3n) is 11.9. The second-order valence-corrected chi connectivity index (χ2v) is 12.8. The van der Waals surface area contributed by atoms with Gasteiger partial charge in [0.05, 0.1) is 22.7 Å². The molecule has 3 aliphatic heterocycles. The molecular formula is C27H30N2O6. The van der Waals surface area contributed by atoms with Crippen molar-refractivity contribution in [1.82, 2.24) is 4.90 Å². The third kappa shape index (κ3) is 1.89. The van der Waals surface area contributed by atoms with Gasteiger partial charge in [-0.25, -0.2) is 4.79 Å². The van der Waals surface area contributed by atoms with Crippen LogP contribution in [0.5, 0.6) is 0 Å². The Morgan fingerprint density at radius 3 is 2.69 bits per heavy atom. The van der Waals surface area contributed by atoms with E-state index < -0.39 is 34.2 Å². The number of fused-ring (bicyclic) bond motifs is 1. The molecule has 10 rings (SSSR count). The number of aliphatic hydroxyl groups is 2. The van der Waals surface area contributed by atoms with E-state index in [2.05, 4.69) is 18.4 Å². The molecule has 9 bridgehead atoms. The monoisotopic (exact) mass is 478 g/mol. The van der Waals surface area contributed by atoms with Crippen molar-refractivity contribution in [3.05, 3.63) is 52.1 Å². The van der Waals surface area contributed by atoms with Crippen LogP contribution in [0, 0.1) is 50.0 Å². The molecule has 35 heavy (non-hydrogen) atoms. The Morgan fingerprint density at radius 1 is 1.23 bits per heavy atom. The first-order chi connectivity index (χ1) is 16.6. The summed E-state index contributed by atoms with van der Waals surface area (Å²) in [4.78, 5) is 26.6. The number of ether oxygens (including phenoxy) is 1. The average molecular weight is 479 g/mol. The van der Waals surface area contributed by atoms with Gasteiger partial charge in [-0.2, -0.15) is 0 Å². The van der Waals surface area contributed by atoms with E-state index in [1.165, 1.54) is 24.3 Å². The second-order valence-electron chi connectivity index (χ2n) is 12.8. The summed E-state index contributed by atoms with van der Waals surface area (Å²) in [6.45, 7) is 7.41. The Morgan fingerprint density at radius 2 is 1.97 bits per heavy atom. The molecule has 9 fully saturated rings. The number of hydrogen-bond acceptors (Lipinski definition) is 7. The molecule has 2 unspecified atom stereocenters. The lowest BCUT2D eigenvalue weighted by Gasteiger charge is -2.67. The van der Waals surface area contributed by atoms with Crippen molar-refractivity contribution in [2.24, 2.45) is 39.9 Å². The lowest BCUT2D eigenvalue weighted by Crippen LogP contribution is -2.72. The number of benzene rings is 1. The number of aliphatic hydroxyl groups excluding tert-OH is 2. The number of piperidine rings is 2. The molecule has 9 aliphatic rings. The molecule has 2 spiro atoms. The maximum absolute atomic E-state index is 13.5. The van der Waals surface area contributed by atoms with Crippen LogP contribution in [0.3, 0.4) is 0 Å². The van der Waals surface area contributed by atoms with Crippen LogP contribution >= 0.6 is 0 Å². The first-order valence-corrected chi connectivity index (χ1v) is 12.9. The molecule has 8 nitrogen and oxygen atoms in total. The Kier molecular flexibility index (Phi) is 3.47. The summed E-state index contributed by atoms with van der Waals surface area (Å²) in [5.74, 6) is -0.129. The summed E-state index contributed by atoms with van der Waals surface area (Å²) in [6, 6.07) is 5.80. The summed E-state index contributed by atoms with van der Waals surface area (Å²) in [5, 5.41) is 34.4. The van der Waals surface area contributed by atoms with Crippen LogP contribution in [0.1, 0.15) is 49.4 Å². The summed E-state index contributed by atoms with van der Waals surface area (Å²) in [6.07, 6.45) is 3.35. The summed E-state index contributed by atoms with van der Waals surface area (Å²) in [5.41, 5.74) is -0.528. The second kappa shape index (κ2) is 5.82. The SMILES string of the molecule is C=C1[C@H]2C[C@@H]3C4N5C[C@]6(C)CCC[C@@]47[C@@H]6[C@@]5(OC(=O)c4ccc([N+](=O)[O-])cc4)C[C@]3([C@@H]1O)[C@H]7[C@H]2O. The van der Waals surface area contributed by atoms with Crippen LogP contribution in [-0.2, 0) is 4.74 Å². The molecule has 3 heterocycles. The number of esters is 1. The molecule has 0 aromatic heterocycles. The largest absolute Gasteiger partial charge is 0.440 e. The summed E-state index contributed by atoms with van der Waals surface area (Å²) in [7, 11) is 0. The first-order valence-electron chi connectivity index (χ1n) is 12.9. The highest BCUT2D eigenvalue weighted by Crippen LogP contribution is 2.89. The Bertz CT molecular complexity index is 1230. The van der Waals surface area contributed by atoms with E-state index in [0.717, 1.165) is 37.8 Å². The molecule has 1 aromatic carbocycles. The zero-order chi connectivity index (χ0) is 24.3. The molecule has 0 amide bonds. The van der Waals surface area contributed by atoms with Gasteiger partial charge in [0.25, 0.3) is 5.69 Å². The van der Waals surface area contributed by atoms with E-state index in [4.69, 9.17) is 4.74 Å². The quantitative estimate of drug-likeness (QED) is 0.297. The highest BCUT2D eigenvalue weighted by molar-refractivity contribution is 5.90. The zero-order valence-electron chi connectivity index (χ0n) is 19.7. The van der Waals surface area contributed by atoms with Gasteiger partial charge in [0.2, 0.25) is 0 Å². The van der Waals surface area contributed by atoms with Crippen molar-refractivity contribution < 1.29 is 24.7 Å². The van der Waals surface area contributed by atoms with Gasteiger partial charge >= 0.3 is 5.97 Å². The van der Waals surface area contributed by atoms with Crippen LogP contribution in [0.2, 0.25) is 0 Å². The molecule has 3 saturated heterocycles. The van der Waals surface area contributed by atoms with Gasteiger partial charge in [-0.15, -0.1) is 0 Å². The van der Waals surface area contributed by atoms with Crippen molar-refractivity contribution in [2.45, 2.75) is 63.0 Å². The molecule has 184 valence electrons. The number of rotatable bonds is 3. The van der Waals surface area contributed by atoms with Gasteiger partial charge in [-0.3, -0.25) is 15.0 Å². The molecule has 1 aromatic rings. The van der Waals surface area contributed by atoms with Crippen molar-refractivity contribution in [2.75, 3.05) is 6.54 Å². The van der Waals surface area contributed by atoms with Crippen LogP contribution < -0.4 is 0 Å². The van der Waals surface area contributed by atoms with Crippen LogP contribution in [0.25, 0.3) is 0 Å². The molecule has 0 radical (unpaired) electrons. The smallest absolute Gasteiger partial charge is 0.339 e. The van der Waals surface area contributed by atoms with Gasteiger partial charge in [0.15, 0.2) is 5.72 Å². The van der Waals surface area contributed by atoms with Gasteiger partial charge in [-0.1, -0.05) is 19.9 Å². The highest BCUT2D eigenvalue weighted by atomic mass is 16.6. The summed E-state index contributed by atoms with van der Waals surface area (Å²) >= 11 is 0. The van der Waals surface area contributed by atoms with Gasteiger partial charge in [0, 0.05) is 59.7 Å². The highest BCUT2D eigenvalue weighted by Gasteiger charge is 2.94. The number of carbonyl (C=O) groups excluding carboxylic acids is 1. The molecule has 6 aliphatic carbocycles. The zero-order valence-corrected chi connectivity index (χ0v) is 19.7. The maximum atomic E-state index is 13.5. The van der Waals surface area contributed by atoms with Gasteiger partial charge < -0.3 is 14.9 Å². The Labute approximate surface area is 203 Å². The number of carbonyl (C=O) groups is 1. The van der Waals surface area contributed by atoms with Crippen LogP contribution in [0.4, 0.5) is 5.69 Å². The fraction of sp³-hybridized carbons (Fsp3) is 0.667. The third-order valence-corrected chi connectivity index (χ3v) is 11.9. The standard InChI is InChI=1S/C27H30N2O6/c1-13-16-10-17-20-25-9-3-8-24(2)12-28(20)27(23(24)25,11-26(17,21(13)31)19(25)18(16)30)35-22(32)14-4-6-15(7-5-14)29(33)34/h4-7,16-21,23,30-31H,1,3,8-12H2,2H3/t16-,17-,18+,19+,20?,21-,23-,24+,25+,26-,27+/m1/s1. The van der Waals surface area contributed by atoms with Crippen molar-refractivity contribution in [3.8, 4) is 0 Å². The average Bonchev–Trinajstić information content (AvgIpc) is 3.21. The predicted octanol–water partition coefficient (Wildman–Crippen LogP) is 2.89. The van der Waals surface area contributed by atoms with E-state index in [-0.39, 0.29) is 46.2 Å². The summed E-state index contributed by atoms with van der Waals surface area (Å²) < 4.78 is 6.56. The van der Waals surface area contributed by atoms with Gasteiger partial charge in [0.1, 0.15) is 0 Å². The normalized spacial score (nSPS) is 55.5. The number of nitro groups is 1. The van der Waals surface area contributed by atoms with Crippen molar-refractivity contribution in [3.63, 3.8) is 0 Å². The molecule has 6 saturated carbocycles. The van der Waals surface area contributed by atoms with E-state index in [0.29, 0.717) is 12.0 Å². The Balaban J connectivity index is 1.28.